The largest absolute Gasteiger partial charge is 0.289 e. The molecule has 0 saturated carbocycles. The lowest BCUT2D eigenvalue weighted by Gasteiger charge is -2.01. The third-order valence-electron chi connectivity index (χ3n) is 0.665. The van der Waals surface area contributed by atoms with Crippen LogP contribution in [0, 0.1) is 11.8 Å². The lowest BCUT2D eigenvalue weighted by molar-refractivity contribution is -0.103. The zero-order chi connectivity index (χ0) is 8.91. The molecule has 1 atom stereocenters. The Morgan fingerprint density at radius 3 is 2.45 bits per heavy atom. The molecule has 11 heavy (non-hydrogen) atoms. The minimum Gasteiger partial charge on any atom is -0.289 e. The van der Waals surface area contributed by atoms with Crippen molar-refractivity contribution in [3.05, 3.63) is 0 Å². The number of hydrogen-bond acceptors (Lipinski definition) is 4. The Morgan fingerprint density at radius 1 is 1.55 bits per heavy atom. The Balaban J connectivity index is 4.09. The van der Waals surface area contributed by atoms with Gasteiger partial charge in [-0.1, -0.05) is 5.92 Å². The third-order valence-corrected chi connectivity index (χ3v) is 1.30. The summed E-state index contributed by atoms with van der Waals surface area (Å²) in [5.74, 6) is 4.32. The van der Waals surface area contributed by atoms with Crippen molar-refractivity contribution in [1.82, 2.24) is 0 Å². The van der Waals surface area contributed by atoms with Crippen LogP contribution in [0.4, 0.5) is 0 Å². The van der Waals surface area contributed by atoms with Gasteiger partial charge in [0.2, 0.25) is 0 Å². The molecule has 0 aliphatic heterocycles. The van der Waals surface area contributed by atoms with Crippen LogP contribution in [0.2, 0.25) is 0 Å². The van der Waals surface area contributed by atoms with E-state index in [-0.39, 0.29) is 0 Å². The average Bonchev–Trinajstić information content (AvgIpc) is 1.79. The molecule has 0 aliphatic rings. The summed E-state index contributed by atoms with van der Waals surface area (Å²) in [7, 11) is -3.47. The molecule has 0 N–H and O–H groups in total. The van der Waals surface area contributed by atoms with Gasteiger partial charge in [0.25, 0.3) is 10.1 Å². The molecule has 0 radical (unpaired) electrons. The maximum atomic E-state index is 10.4. The van der Waals surface area contributed by atoms with Crippen LogP contribution in [-0.2, 0) is 19.1 Å². The van der Waals surface area contributed by atoms with Gasteiger partial charge in [-0.25, -0.2) is 0 Å². The van der Waals surface area contributed by atoms with E-state index in [9.17, 15) is 13.2 Å². The molecule has 0 bridgehead atoms. The van der Waals surface area contributed by atoms with Crippen molar-refractivity contribution < 1.29 is 17.4 Å². The van der Waals surface area contributed by atoms with Crippen LogP contribution in [0.3, 0.4) is 0 Å². The monoisotopic (exact) mass is 176 g/mol. The minimum absolute atomic E-state index is 0.377. The van der Waals surface area contributed by atoms with Gasteiger partial charge in [-0.05, 0) is 12.8 Å². The fraction of sp³-hybridized carbons (Fsp3) is 0.500. The molecule has 0 heterocycles. The molecule has 5 heteroatoms. The van der Waals surface area contributed by atoms with Gasteiger partial charge in [-0.3, -0.25) is 8.98 Å². The molecule has 62 valence electrons. The van der Waals surface area contributed by atoms with Gasteiger partial charge >= 0.3 is 0 Å². The van der Waals surface area contributed by atoms with E-state index in [0.717, 1.165) is 6.26 Å². The van der Waals surface area contributed by atoms with E-state index in [2.05, 4.69) is 16.0 Å². The number of rotatable bonds is 2. The molecule has 0 spiro atoms. The van der Waals surface area contributed by atoms with E-state index in [4.69, 9.17) is 0 Å². The molecule has 0 rings (SSSR count). The highest BCUT2D eigenvalue weighted by Crippen LogP contribution is 1.93. The van der Waals surface area contributed by atoms with Crippen molar-refractivity contribution in [2.75, 3.05) is 6.26 Å². The normalized spacial score (nSPS) is 12.9. The summed E-state index contributed by atoms with van der Waals surface area (Å²) < 4.78 is 25.2. The summed E-state index contributed by atoms with van der Waals surface area (Å²) in [5, 5.41) is 0. The van der Waals surface area contributed by atoms with Gasteiger partial charge in [-0.2, -0.15) is 8.42 Å². The topological polar surface area (TPSA) is 60.4 Å². The van der Waals surface area contributed by atoms with Gasteiger partial charge in [-0.15, -0.1) is 0 Å². The average molecular weight is 176 g/mol. The van der Waals surface area contributed by atoms with Gasteiger partial charge in [0.1, 0.15) is 6.10 Å². The second-order valence-corrected chi connectivity index (χ2v) is 3.45. The zero-order valence-corrected chi connectivity index (χ0v) is 7.01. The Bertz CT molecular complexity index is 279. The summed E-state index contributed by atoms with van der Waals surface area (Å²) in [4.78, 5) is 9.70. The quantitative estimate of drug-likeness (QED) is 0.325. The van der Waals surface area contributed by atoms with Gasteiger partial charge in [0, 0.05) is 0 Å². The Kier molecular flexibility index (Phi) is 3.79. The third kappa shape index (κ3) is 7.03. The lowest BCUT2D eigenvalue weighted by Crippen LogP contribution is -2.11. The van der Waals surface area contributed by atoms with E-state index < -0.39 is 16.2 Å². The van der Waals surface area contributed by atoms with E-state index in [0.29, 0.717) is 6.29 Å². The molecule has 0 fully saturated rings. The zero-order valence-electron chi connectivity index (χ0n) is 6.20. The van der Waals surface area contributed by atoms with Gasteiger partial charge in [0.05, 0.1) is 6.26 Å². The van der Waals surface area contributed by atoms with Gasteiger partial charge < -0.3 is 0 Å². The molecule has 0 aromatic heterocycles. The molecule has 0 aliphatic carbocycles. The predicted molar refractivity (Wildman–Crippen MR) is 39.2 cm³/mol. The lowest BCUT2D eigenvalue weighted by atomic mass is 10.4. The summed E-state index contributed by atoms with van der Waals surface area (Å²) in [5.41, 5.74) is 0. The van der Waals surface area contributed by atoms with Crippen molar-refractivity contribution in [2.24, 2.45) is 0 Å². The smallest absolute Gasteiger partial charge is 0.265 e. The number of aldehydes is 1. The molecule has 0 aromatic carbocycles. The molecular weight excluding hydrogens is 168 g/mol. The van der Waals surface area contributed by atoms with Crippen LogP contribution in [0.1, 0.15) is 6.92 Å². The van der Waals surface area contributed by atoms with Crippen LogP contribution < -0.4 is 0 Å². The molecular formula is C6H8O4S. The molecule has 0 aromatic rings. The van der Waals surface area contributed by atoms with Crippen molar-refractivity contribution in [3.63, 3.8) is 0 Å². The highest BCUT2D eigenvalue weighted by atomic mass is 32.2. The Labute approximate surface area is 65.7 Å². The van der Waals surface area contributed by atoms with Crippen molar-refractivity contribution in [1.29, 1.82) is 0 Å². The minimum atomic E-state index is -3.47. The van der Waals surface area contributed by atoms with Crippen LogP contribution in [0.15, 0.2) is 0 Å². The second-order valence-electron chi connectivity index (χ2n) is 1.85. The first-order chi connectivity index (χ1) is 4.95. The number of carbonyl (C=O) groups is 1. The predicted octanol–water partition coefficient (Wildman–Crippen LogP) is -0.447. The van der Waals surface area contributed by atoms with E-state index in [1.165, 1.54) is 6.92 Å². The maximum absolute atomic E-state index is 10.4. The maximum Gasteiger partial charge on any atom is 0.265 e. The number of carbonyl (C=O) groups excluding carboxylic acids is 1. The molecule has 0 saturated heterocycles. The molecule has 4 nitrogen and oxygen atoms in total. The van der Waals surface area contributed by atoms with Crippen LogP contribution in [-0.4, -0.2) is 27.1 Å². The number of hydrogen-bond donors (Lipinski definition) is 0. The fourth-order valence-corrected chi connectivity index (χ4v) is 1.01. The first-order valence-corrected chi connectivity index (χ1v) is 4.60. The summed E-state index contributed by atoms with van der Waals surface area (Å²) in [6.07, 6.45) is 0.531. The van der Waals surface area contributed by atoms with Crippen molar-refractivity contribution in [2.45, 2.75) is 13.0 Å². The first-order valence-electron chi connectivity index (χ1n) is 2.78. The Hall–Kier alpha value is -0.860. The summed E-state index contributed by atoms with van der Waals surface area (Å²) >= 11 is 0. The molecule has 0 amide bonds. The summed E-state index contributed by atoms with van der Waals surface area (Å²) in [6.45, 7) is 1.44. The van der Waals surface area contributed by atoms with Crippen LogP contribution in [0.25, 0.3) is 0 Å². The SMILES string of the molecule is CC(C#CC=O)OS(C)(=O)=O. The van der Waals surface area contributed by atoms with E-state index >= 15 is 0 Å². The standard InChI is InChI=1S/C6H8O4S/c1-6(4-3-5-7)10-11(2,8)9/h5-6H,1-2H3. The van der Waals surface area contributed by atoms with Gasteiger partial charge in [0.15, 0.2) is 6.29 Å². The van der Waals surface area contributed by atoms with Crippen LogP contribution in [0.5, 0.6) is 0 Å². The van der Waals surface area contributed by atoms with Crippen molar-refractivity contribution in [3.8, 4) is 11.8 Å². The van der Waals surface area contributed by atoms with Crippen molar-refractivity contribution >= 4 is 16.4 Å². The highest BCUT2D eigenvalue weighted by Gasteiger charge is 2.05. The molecule has 1 unspecified atom stereocenters. The second kappa shape index (κ2) is 4.11. The van der Waals surface area contributed by atoms with E-state index in [1.54, 1.807) is 0 Å². The highest BCUT2D eigenvalue weighted by molar-refractivity contribution is 7.86. The fourth-order valence-electron chi connectivity index (χ4n) is 0.438. The Morgan fingerprint density at radius 2 is 2.09 bits per heavy atom. The summed E-state index contributed by atoms with van der Waals surface area (Å²) in [6, 6.07) is 0. The first kappa shape index (κ1) is 10.1. The van der Waals surface area contributed by atoms with E-state index in [1.807, 2.05) is 0 Å². The van der Waals surface area contributed by atoms with Crippen LogP contribution >= 0.6 is 0 Å².